The predicted molar refractivity (Wildman–Crippen MR) is 60.2 cm³/mol. The molecule has 0 aromatic heterocycles. The number of carbonyl (C=O) groups is 1. The van der Waals surface area contributed by atoms with Crippen molar-refractivity contribution in [1.29, 1.82) is 0 Å². The molecule has 0 aromatic rings. The van der Waals surface area contributed by atoms with E-state index in [0.29, 0.717) is 0 Å². The second kappa shape index (κ2) is 4.19. The van der Waals surface area contributed by atoms with Crippen LogP contribution < -0.4 is 5.73 Å². The van der Waals surface area contributed by atoms with Crippen molar-refractivity contribution >= 4 is 5.91 Å². The van der Waals surface area contributed by atoms with E-state index in [1.54, 1.807) is 0 Å². The molecule has 15 heavy (non-hydrogen) atoms. The number of nitrogens with two attached hydrogens (primary N) is 1. The van der Waals surface area contributed by atoms with Crippen molar-refractivity contribution in [1.82, 2.24) is 4.90 Å². The summed E-state index contributed by atoms with van der Waals surface area (Å²) >= 11 is 0. The lowest BCUT2D eigenvalue weighted by Crippen LogP contribution is -2.38. The van der Waals surface area contributed by atoms with E-state index in [-0.39, 0.29) is 17.9 Å². The van der Waals surface area contributed by atoms with Gasteiger partial charge in [0.1, 0.15) is 0 Å². The zero-order chi connectivity index (χ0) is 10.8. The van der Waals surface area contributed by atoms with Gasteiger partial charge in [-0.25, -0.2) is 0 Å². The third-order valence-electron chi connectivity index (χ3n) is 3.18. The van der Waals surface area contributed by atoms with E-state index < -0.39 is 0 Å². The van der Waals surface area contributed by atoms with E-state index in [9.17, 15) is 4.79 Å². The van der Waals surface area contributed by atoms with E-state index in [4.69, 9.17) is 5.73 Å². The highest BCUT2D eigenvalue weighted by Gasteiger charge is 2.27. The Labute approximate surface area is 90.6 Å². The van der Waals surface area contributed by atoms with Crippen LogP contribution in [-0.2, 0) is 4.79 Å². The summed E-state index contributed by atoms with van der Waals surface area (Å²) < 4.78 is 0. The van der Waals surface area contributed by atoms with Crippen molar-refractivity contribution in [3.63, 3.8) is 0 Å². The van der Waals surface area contributed by atoms with Gasteiger partial charge in [-0.1, -0.05) is 23.8 Å². The summed E-state index contributed by atoms with van der Waals surface area (Å²) in [5.41, 5.74) is 7.13. The number of amides is 1. The van der Waals surface area contributed by atoms with Gasteiger partial charge in [0.15, 0.2) is 0 Å². The number of hydrogen-bond acceptors (Lipinski definition) is 2. The summed E-state index contributed by atoms with van der Waals surface area (Å²) in [6.45, 7) is 3.75. The van der Waals surface area contributed by atoms with Crippen LogP contribution in [0, 0.1) is 5.92 Å². The molecule has 0 saturated heterocycles. The first-order chi connectivity index (χ1) is 7.16. The van der Waals surface area contributed by atoms with Crippen LogP contribution in [0.25, 0.3) is 0 Å². The summed E-state index contributed by atoms with van der Waals surface area (Å²) in [6, 6.07) is 0.0704. The van der Waals surface area contributed by atoms with Crippen LogP contribution in [0.5, 0.6) is 0 Å². The van der Waals surface area contributed by atoms with Crippen molar-refractivity contribution < 1.29 is 4.79 Å². The first kappa shape index (κ1) is 10.4. The van der Waals surface area contributed by atoms with Gasteiger partial charge in [-0.2, -0.15) is 0 Å². The SMILES string of the molecule is CC1=CCN(C(=O)C2C=CC(N)C2)CC1. The molecule has 1 heterocycles. The number of carbonyl (C=O) groups excluding carboxylic acids is 1. The quantitative estimate of drug-likeness (QED) is 0.652. The molecule has 1 aliphatic heterocycles. The summed E-state index contributed by atoms with van der Waals surface area (Å²) in [4.78, 5) is 14.0. The van der Waals surface area contributed by atoms with Gasteiger partial charge in [-0.05, 0) is 19.8 Å². The maximum Gasteiger partial charge on any atom is 0.229 e. The maximum absolute atomic E-state index is 12.0. The molecule has 0 radical (unpaired) electrons. The van der Waals surface area contributed by atoms with Gasteiger partial charge in [-0.15, -0.1) is 0 Å². The fourth-order valence-corrected chi connectivity index (χ4v) is 2.12. The van der Waals surface area contributed by atoms with E-state index >= 15 is 0 Å². The monoisotopic (exact) mass is 206 g/mol. The molecule has 0 aromatic carbocycles. The zero-order valence-electron chi connectivity index (χ0n) is 9.15. The molecule has 2 atom stereocenters. The van der Waals surface area contributed by atoms with Gasteiger partial charge in [0.25, 0.3) is 0 Å². The fourth-order valence-electron chi connectivity index (χ4n) is 2.12. The third kappa shape index (κ3) is 2.29. The molecule has 1 aliphatic carbocycles. The minimum atomic E-state index is 0.0202. The molecule has 0 fully saturated rings. The molecule has 2 rings (SSSR count). The van der Waals surface area contributed by atoms with Crippen LogP contribution in [-0.4, -0.2) is 29.9 Å². The molecular formula is C12H18N2O. The average Bonchev–Trinajstić information content (AvgIpc) is 2.65. The molecule has 2 N–H and O–H groups in total. The summed E-state index contributed by atoms with van der Waals surface area (Å²) in [5, 5.41) is 0. The normalized spacial score (nSPS) is 30.5. The highest BCUT2D eigenvalue weighted by Crippen LogP contribution is 2.21. The second-order valence-corrected chi connectivity index (χ2v) is 4.48. The van der Waals surface area contributed by atoms with Crippen LogP contribution in [0.1, 0.15) is 19.8 Å². The van der Waals surface area contributed by atoms with Gasteiger partial charge in [-0.3, -0.25) is 4.79 Å². The molecule has 0 saturated carbocycles. The van der Waals surface area contributed by atoms with Crippen LogP contribution in [0.15, 0.2) is 23.8 Å². The molecule has 3 heteroatoms. The van der Waals surface area contributed by atoms with Gasteiger partial charge >= 0.3 is 0 Å². The third-order valence-corrected chi connectivity index (χ3v) is 3.18. The average molecular weight is 206 g/mol. The van der Waals surface area contributed by atoms with E-state index in [1.807, 2.05) is 17.1 Å². The highest BCUT2D eigenvalue weighted by atomic mass is 16.2. The Morgan fingerprint density at radius 1 is 1.53 bits per heavy atom. The molecule has 0 bridgehead atoms. The van der Waals surface area contributed by atoms with Gasteiger partial charge < -0.3 is 10.6 Å². The first-order valence-corrected chi connectivity index (χ1v) is 5.55. The molecule has 82 valence electrons. The summed E-state index contributed by atoms with van der Waals surface area (Å²) in [7, 11) is 0. The van der Waals surface area contributed by atoms with Crippen molar-refractivity contribution in [2.45, 2.75) is 25.8 Å². The Balaban J connectivity index is 1.95. The largest absolute Gasteiger partial charge is 0.338 e. The standard InChI is InChI=1S/C12H18N2O/c1-9-4-6-14(7-5-9)12(15)10-2-3-11(13)8-10/h2-4,10-11H,5-8,13H2,1H3. The fraction of sp³-hybridized carbons (Fsp3) is 0.583. The summed E-state index contributed by atoms with van der Waals surface area (Å²) in [6.07, 6.45) is 7.82. The summed E-state index contributed by atoms with van der Waals surface area (Å²) in [5.74, 6) is 0.259. The highest BCUT2D eigenvalue weighted by molar-refractivity contribution is 5.81. The molecule has 2 aliphatic rings. The van der Waals surface area contributed by atoms with Crippen LogP contribution in [0.3, 0.4) is 0 Å². The molecule has 0 spiro atoms. The smallest absolute Gasteiger partial charge is 0.229 e. The molecular weight excluding hydrogens is 188 g/mol. The Morgan fingerprint density at radius 3 is 2.87 bits per heavy atom. The van der Waals surface area contributed by atoms with Crippen LogP contribution in [0.2, 0.25) is 0 Å². The lowest BCUT2D eigenvalue weighted by Gasteiger charge is -2.27. The number of rotatable bonds is 1. The zero-order valence-corrected chi connectivity index (χ0v) is 9.15. The molecule has 1 amide bonds. The van der Waals surface area contributed by atoms with Crippen molar-refractivity contribution in [3.8, 4) is 0 Å². The van der Waals surface area contributed by atoms with Crippen molar-refractivity contribution in [3.05, 3.63) is 23.8 Å². The predicted octanol–water partition coefficient (Wildman–Crippen LogP) is 1.07. The Hall–Kier alpha value is -1.09. The van der Waals surface area contributed by atoms with Crippen LogP contribution >= 0.6 is 0 Å². The van der Waals surface area contributed by atoms with Gasteiger partial charge in [0.2, 0.25) is 5.91 Å². The maximum atomic E-state index is 12.0. The topological polar surface area (TPSA) is 46.3 Å². The van der Waals surface area contributed by atoms with Crippen molar-refractivity contribution in [2.75, 3.05) is 13.1 Å². The second-order valence-electron chi connectivity index (χ2n) is 4.48. The Kier molecular flexibility index (Phi) is 2.91. The lowest BCUT2D eigenvalue weighted by molar-refractivity contribution is -0.133. The Bertz CT molecular complexity index is 320. The van der Waals surface area contributed by atoms with Gasteiger partial charge in [0, 0.05) is 19.1 Å². The lowest BCUT2D eigenvalue weighted by atomic mass is 10.0. The van der Waals surface area contributed by atoms with E-state index in [0.717, 1.165) is 25.9 Å². The van der Waals surface area contributed by atoms with Crippen molar-refractivity contribution in [2.24, 2.45) is 11.7 Å². The Morgan fingerprint density at radius 2 is 2.33 bits per heavy atom. The molecule has 2 unspecified atom stereocenters. The first-order valence-electron chi connectivity index (χ1n) is 5.55. The number of hydrogen-bond donors (Lipinski definition) is 1. The minimum Gasteiger partial charge on any atom is -0.338 e. The van der Waals surface area contributed by atoms with Gasteiger partial charge in [0.05, 0.1) is 5.92 Å². The number of nitrogens with zero attached hydrogens (tertiary/aromatic N) is 1. The van der Waals surface area contributed by atoms with E-state index in [2.05, 4.69) is 13.0 Å². The molecule has 3 nitrogen and oxygen atoms in total. The minimum absolute atomic E-state index is 0.0202. The van der Waals surface area contributed by atoms with E-state index in [1.165, 1.54) is 5.57 Å². The van der Waals surface area contributed by atoms with Crippen LogP contribution in [0.4, 0.5) is 0 Å².